The van der Waals surface area contributed by atoms with E-state index in [4.69, 9.17) is 0 Å². The minimum absolute atomic E-state index is 0.0531. The first-order valence-corrected chi connectivity index (χ1v) is 5.17. The second kappa shape index (κ2) is 5.44. The van der Waals surface area contributed by atoms with Crippen LogP contribution in [0.25, 0.3) is 0 Å². The van der Waals surface area contributed by atoms with Crippen LogP contribution in [0.3, 0.4) is 0 Å². The molecule has 1 heterocycles. The number of alkyl halides is 3. The zero-order valence-electron chi connectivity index (χ0n) is 8.09. The minimum Gasteiger partial charge on any atom is -0.307 e. The lowest BCUT2D eigenvalue weighted by Crippen LogP contribution is -2.33. The molecule has 0 aliphatic rings. The van der Waals surface area contributed by atoms with Gasteiger partial charge in [0.05, 0.1) is 12.9 Å². The molecule has 1 N–H and O–H groups in total. The summed E-state index contributed by atoms with van der Waals surface area (Å²) in [7, 11) is 0. The first kappa shape index (κ1) is 13.2. The summed E-state index contributed by atoms with van der Waals surface area (Å²) in [6.45, 7) is -0.873. The van der Waals surface area contributed by atoms with Crippen LogP contribution in [0.1, 0.15) is 0 Å². The second-order valence-electron chi connectivity index (χ2n) is 3.03. The first-order valence-electron chi connectivity index (χ1n) is 4.37. The third-order valence-electron chi connectivity index (χ3n) is 1.71. The minimum atomic E-state index is -4.24. The topological polar surface area (TPSA) is 46.9 Å². The molecule has 0 aliphatic carbocycles. The molecule has 16 heavy (non-hydrogen) atoms. The van der Waals surface area contributed by atoms with Crippen molar-refractivity contribution in [2.75, 3.05) is 13.1 Å². The Labute approximate surface area is 97.6 Å². The molecule has 0 aromatic carbocycles. The fourth-order valence-corrected chi connectivity index (χ4v) is 1.36. The first-order chi connectivity index (χ1) is 7.40. The van der Waals surface area contributed by atoms with Gasteiger partial charge in [0, 0.05) is 19.3 Å². The molecule has 0 spiro atoms. The molecule has 0 aliphatic heterocycles. The Hall–Kier alpha value is -0.890. The molecule has 0 amide bonds. The Balaban J connectivity index is 2.44. The second-order valence-corrected chi connectivity index (χ2v) is 3.89. The van der Waals surface area contributed by atoms with Crippen LogP contribution >= 0.6 is 15.9 Å². The van der Waals surface area contributed by atoms with Gasteiger partial charge in [-0.2, -0.15) is 13.2 Å². The van der Waals surface area contributed by atoms with Crippen molar-refractivity contribution in [3.05, 3.63) is 27.4 Å². The van der Waals surface area contributed by atoms with Gasteiger partial charge in [-0.15, -0.1) is 0 Å². The average Bonchev–Trinajstić information content (AvgIpc) is 2.17. The largest absolute Gasteiger partial charge is 0.401 e. The van der Waals surface area contributed by atoms with Gasteiger partial charge in [-0.25, -0.2) is 4.98 Å². The molecule has 0 radical (unpaired) electrons. The smallest absolute Gasteiger partial charge is 0.307 e. The highest BCUT2D eigenvalue weighted by molar-refractivity contribution is 9.10. The monoisotopic (exact) mass is 299 g/mol. The van der Waals surface area contributed by atoms with Crippen molar-refractivity contribution in [2.45, 2.75) is 12.7 Å². The van der Waals surface area contributed by atoms with E-state index in [2.05, 4.69) is 26.2 Å². The van der Waals surface area contributed by atoms with E-state index in [1.165, 1.54) is 17.1 Å². The lowest BCUT2D eigenvalue weighted by molar-refractivity contribution is -0.124. The SMILES string of the molecule is O=c1c(Br)cncn1CCNCC(F)(F)F. The summed E-state index contributed by atoms with van der Waals surface area (Å²) in [5, 5.41) is 2.19. The molecular weight excluding hydrogens is 291 g/mol. The van der Waals surface area contributed by atoms with Gasteiger partial charge >= 0.3 is 6.18 Å². The Bertz CT molecular complexity index is 404. The van der Waals surface area contributed by atoms with E-state index in [0.29, 0.717) is 0 Å². The van der Waals surface area contributed by atoms with Crippen molar-refractivity contribution in [3.63, 3.8) is 0 Å². The van der Waals surface area contributed by atoms with Gasteiger partial charge in [-0.1, -0.05) is 0 Å². The number of halogens is 4. The summed E-state index contributed by atoms with van der Waals surface area (Å²) in [6.07, 6.45) is -1.62. The predicted octanol–water partition coefficient (Wildman–Crippen LogP) is 1.16. The molecule has 0 bridgehead atoms. The van der Waals surface area contributed by atoms with Crippen LogP contribution in [0, 0.1) is 0 Å². The fourth-order valence-electron chi connectivity index (χ4n) is 1.01. The average molecular weight is 300 g/mol. The highest BCUT2D eigenvalue weighted by Gasteiger charge is 2.25. The van der Waals surface area contributed by atoms with Gasteiger partial charge in [-0.3, -0.25) is 9.36 Å². The van der Waals surface area contributed by atoms with E-state index >= 15 is 0 Å². The molecule has 4 nitrogen and oxygen atoms in total. The van der Waals surface area contributed by atoms with Crippen molar-refractivity contribution in [3.8, 4) is 0 Å². The van der Waals surface area contributed by atoms with Gasteiger partial charge in [-0.05, 0) is 15.9 Å². The molecule has 1 aromatic heterocycles. The van der Waals surface area contributed by atoms with Gasteiger partial charge in [0.15, 0.2) is 0 Å². The van der Waals surface area contributed by atoms with Gasteiger partial charge in [0.2, 0.25) is 0 Å². The zero-order chi connectivity index (χ0) is 12.2. The number of rotatable bonds is 4. The van der Waals surface area contributed by atoms with Crippen LogP contribution in [-0.2, 0) is 6.54 Å². The van der Waals surface area contributed by atoms with E-state index in [-0.39, 0.29) is 23.1 Å². The maximum absolute atomic E-state index is 11.8. The van der Waals surface area contributed by atoms with E-state index in [0.717, 1.165) is 0 Å². The number of aromatic nitrogens is 2. The van der Waals surface area contributed by atoms with Gasteiger partial charge in [0.25, 0.3) is 5.56 Å². The molecule has 0 saturated heterocycles. The maximum atomic E-state index is 11.8. The third-order valence-corrected chi connectivity index (χ3v) is 2.26. The highest BCUT2D eigenvalue weighted by atomic mass is 79.9. The predicted molar refractivity (Wildman–Crippen MR) is 55.1 cm³/mol. The molecule has 0 saturated carbocycles. The lowest BCUT2D eigenvalue weighted by Gasteiger charge is -2.09. The van der Waals surface area contributed by atoms with Gasteiger partial charge < -0.3 is 5.32 Å². The summed E-state index contributed by atoms with van der Waals surface area (Å²) in [6, 6.07) is 0. The van der Waals surface area contributed by atoms with Gasteiger partial charge in [0.1, 0.15) is 4.47 Å². The summed E-state index contributed by atoms with van der Waals surface area (Å²) >= 11 is 2.99. The molecular formula is C8H9BrF3N3O. The van der Waals surface area contributed by atoms with Crippen LogP contribution in [0.5, 0.6) is 0 Å². The van der Waals surface area contributed by atoms with Crippen LogP contribution < -0.4 is 10.9 Å². The number of nitrogens with zero attached hydrogens (tertiary/aromatic N) is 2. The molecule has 8 heteroatoms. The number of hydrogen-bond acceptors (Lipinski definition) is 3. The van der Waals surface area contributed by atoms with E-state index < -0.39 is 12.7 Å². The Kier molecular flexibility index (Phi) is 4.48. The highest BCUT2D eigenvalue weighted by Crippen LogP contribution is 2.11. The molecule has 0 fully saturated rings. The van der Waals surface area contributed by atoms with Crippen molar-refractivity contribution in [1.29, 1.82) is 0 Å². The van der Waals surface area contributed by atoms with Crippen LogP contribution in [-0.4, -0.2) is 28.8 Å². The van der Waals surface area contributed by atoms with Crippen molar-refractivity contribution < 1.29 is 13.2 Å². The van der Waals surface area contributed by atoms with Crippen LogP contribution in [0.2, 0.25) is 0 Å². The van der Waals surface area contributed by atoms with E-state index in [1.54, 1.807) is 0 Å². The normalized spacial score (nSPS) is 11.8. The summed E-state index contributed by atoms with van der Waals surface area (Å²) in [5.74, 6) is 0. The summed E-state index contributed by atoms with van der Waals surface area (Å²) < 4.78 is 36.8. The lowest BCUT2D eigenvalue weighted by atomic mass is 10.5. The Morgan fingerprint density at radius 1 is 1.50 bits per heavy atom. The molecule has 1 rings (SSSR count). The fraction of sp³-hybridized carbons (Fsp3) is 0.500. The standard InChI is InChI=1S/C8H9BrF3N3O/c9-6-3-14-5-15(7(6)16)2-1-13-4-8(10,11)12/h3,5,13H,1-2,4H2. The zero-order valence-corrected chi connectivity index (χ0v) is 9.68. The van der Waals surface area contributed by atoms with Crippen molar-refractivity contribution >= 4 is 15.9 Å². The van der Waals surface area contributed by atoms with Crippen LogP contribution in [0.4, 0.5) is 13.2 Å². The van der Waals surface area contributed by atoms with E-state index in [9.17, 15) is 18.0 Å². The molecule has 0 unspecified atom stereocenters. The molecule has 1 aromatic rings. The summed E-state index contributed by atoms with van der Waals surface area (Å²) in [4.78, 5) is 15.1. The Morgan fingerprint density at radius 3 is 2.81 bits per heavy atom. The van der Waals surface area contributed by atoms with Crippen LogP contribution in [0.15, 0.2) is 21.8 Å². The number of nitrogens with one attached hydrogen (secondary N) is 1. The maximum Gasteiger partial charge on any atom is 0.401 e. The quantitative estimate of drug-likeness (QED) is 0.849. The van der Waals surface area contributed by atoms with Crippen molar-refractivity contribution in [1.82, 2.24) is 14.9 Å². The Morgan fingerprint density at radius 2 is 2.19 bits per heavy atom. The van der Waals surface area contributed by atoms with E-state index in [1.807, 2.05) is 0 Å². The third kappa shape index (κ3) is 4.31. The van der Waals surface area contributed by atoms with Crippen molar-refractivity contribution in [2.24, 2.45) is 0 Å². The summed E-state index contributed by atoms with van der Waals surface area (Å²) in [5.41, 5.74) is -0.316. The molecule has 90 valence electrons. The number of hydrogen-bond donors (Lipinski definition) is 1. The molecule has 0 atom stereocenters.